The zero-order valence-electron chi connectivity index (χ0n) is 16.1. The maximum absolute atomic E-state index is 13.0. The number of hydrogen-bond acceptors (Lipinski definition) is 2. The van der Waals surface area contributed by atoms with Gasteiger partial charge in [-0.05, 0) is 62.4 Å². The van der Waals surface area contributed by atoms with E-state index in [1.54, 1.807) is 0 Å². The predicted octanol–water partition coefficient (Wildman–Crippen LogP) is 4.10. The van der Waals surface area contributed by atoms with Gasteiger partial charge in [-0.2, -0.15) is 0 Å². The molecule has 1 unspecified atom stereocenters. The number of aryl methyl sites for hydroxylation is 2. The smallest absolute Gasteiger partial charge is 0.224 e. The largest absolute Gasteiger partial charge is 0.356 e. The molecule has 0 spiro atoms. The first-order valence-electron chi connectivity index (χ1n) is 9.90. The fourth-order valence-corrected chi connectivity index (χ4v) is 3.66. The molecule has 0 aliphatic carbocycles. The molecule has 1 aliphatic heterocycles. The number of nitrogens with one attached hydrogen (secondary N) is 1. The number of amides is 1. The lowest BCUT2D eigenvalue weighted by molar-refractivity contribution is -0.126. The minimum atomic E-state index is -0.208. The minimum absolute atomic E-state index is 0.0542. The predicted molar refractivity (Wildman–Crippen MR) is 107 cm³/mol. The molecule has 0 radical (unpaired) electrons. The maximum Gasteiger partial charge on any atom is 0.224 e. The minimum Gasteiger partial charge on any atom is -0.356 e. The van der Waals surface area contributed by atoms with Crippen LogP contribution in [0.4, 0.5) is 4.39 Å². The van der Waals surface area contributed by atoms with Crippen molar-refractivity contribution in [3.63, 3.8) is 0 Å². The molecule has 3 nitrogen and oxygen atoms in total. The zero-order valence-corrected chi connectivity index (χ0v) is 16.1. The molecule has 1 amide bonds. The van der Waals surface area contributed by atoms with Gasteiger partial charge in [-0.25, -0.2) is 4.39 Å². The van der Waals surface area contributed by atoms with Crippen molar-refractivity contribution in [2.45, 2.75) is 39.2 Å². The van der Waals surface area contributed by atoms with Crippen LogP contribution in [0.15, 0.2) is 48.5 Å². The molecule has 144 valence electrons. The van der Waals surface area contributed by atoms with Crippen LogP contribution in [0.25, 0.3) is 0 Å². The van der Waals surface area contributed by atoms with Gasteiger partial charge < -0.3 is 5.32 Å². The van der Waals surface area contributed by atoms with Crippen molar-refractivity contribution in [3.8, 4) is 0 Å². The Labute approximate surface area is 161 Å². The van der Waals surface area contributed by atoms with E-state index < -0.39 is 0 Å². The van der Waals surface area contributed by atoms with E-state index >= 15 is 0 Å². The fraction of sp³-hybridized carbons (Fsp3) is 0.435. The van der Waals surface area contributed by atoms with E-state index in [1.807, 2.05) is 12.1 Å². The number of hydrogen-bond donors (Lipinski definition) is 1. The molecule has 0 saturated carbocycles. The average molecular weight is 368 g/mol. The van der Waals surface area contributed by atoms with E-state index in [0.29, 0.717) is 0 Å². The van der Waals surface area contributed by atoms with Crippen LogP contribution in [-0.2, 0) is 17.8 Å². The van der Waals surface area contributed by atoms with Crippen LogP contribution in [0.3, 0.4) is 0 Å². The highest BCUT2D eigenvalue weighted by Gasteiger charge is 2.25. The summed E-state index contributed by atoms with van der Waals surface area (Å²) in [6.07, 6.45) is 3.93. The molecule has 1 aliphatic rings. The van der Waals surface area contributed by atoms with E-state index in [1.165, 1.54) is 23.3 Å². The Morgan fingerprint density at radius 3 is 2.56 bits per heavy atom. The molecule has 1 heterocycles. The summed E-state index contributed by atoms with van der Waals surface area (Å²) in [5.41, 5.74) is 3.68. The van der Waals surface area contributed by atoms with Gasteiger partial charge in [0.25, 0.3) is 0 Å². The van der Waals surface area contributed by atoms with Crippen molar-refractivity contribution in [1.82, 2.24) is 10.2 Å². The van der Waals surface area contributed by atoms with Gasteiger partial charge in [-0.15, -0.1) is 0 Å². The van der Waals surface area contributed by atoms with Gasteiger partial charge in [0.1, 0.15) is 5.82 Å². The summed E-state index contributed by atoms with van der Waals surface area (Å²) < 4.78 is 13.0. The van der Waals surface area contributed by atoms with Gasteiger partial charge in [0, 0.05) is 19.6 Å². The molecule has 0 aromatic heterocycles. The van der Waals surface area contributed by atoms with Gasteiger partial charge in [0.05, 0.1) is 5.92 Å². The number of rotatable bonds is 7. The lowest BCUT2D eigenvalue weighted by Crippen LogP contribution is -2.42. The Balaban J connectivity index is 1.40. The topological polar surface area (TPSA) is 32.3 Å². The number of carbonyl (C=O) groups is 1. The van der Waals surface area contributed by atoms with Crippen molar-refractivity contribution in [1.29, 1.82) is 0 Å². The average Bonchev–Trinajstić information content (AvgIpc) is 2.68. The van der Waals surface area contributed by atoms with Crippen LogP contribution in [0.1, 0.15) is 36.0 Å². The van der Waals surface area contributed by atoms with Gasteiger partial charge >= 0.3 is 0 Å². The summed E-state index contributed by atoms with van der Waals surface area (Å²) in [6.45, 7) is 5.36. The van der Waals surface area contributed by atoms with Gasteiger partial charge in [0.2, 0.25) is 5.91 Å². The van der Waals surface area contributed by atoms with Gasteiger partial charge in [-0.1, -0.05) is 42.0 Å². The van der Waals surface area contributed by atoms with Gasteiger partial charge in [0.15, 0.2) is 0 Å². The second-order valence-corrected chi connectivity index (χ2v) is 7.58. The van der Waals surface area contributed by atoms with Crippen LogP contribution >= 0.6 is 0 Å². The molecule has 3 rings (SSSR count). The number of halogens is 1. The number of benzene rings is 2. The van der Waals surface area contributed by atoms with Crippen molar-refractivity contribution in [2.24, 2.45) is 5.92 Å². The Morgan fingerprint density at radius 1 is 1.11 bits per heavy atom. The summed E-state index contributed by atoms with van der Waals surface area (Å²) in [6, 6.07) is 15.2. The molecule has 4 heteroatoms. The summed E-state index contributed by atoms with van der Waals surface area (Å²) >= 11 is 0. The number of likely N-dealkylation sites (tertiary alicyclic amines) is 1. The molecule has 1 atom stereocenters. The lowest BCUT2D eigenvalue weighted by atomic mass is 9.96. The third-order valence-electron chi connectivity index (χ3n) is 5.26. The molecule has 1 saturated heterocycles. The standard InChI is InChI=1S/C23H29FN2O/c1-18-6-8-19(9-7-18)4-2-14-25-23(27)21-5-3-15-26(17-21)16-20-10-12-22(24)13-11-20/h6-13,21H,2-5,14-17H2,1H3,(H,25,27). The second-order valence-electron chi connectivity index (χ2n) is 7.58. The molecule has 2 aromatic rings. The van der Waals surface area contributed by atoms with E-state index in [2.05, 4.69) is 41.4 Å². The maximum atomic E-state index is 13.0. The monoisotopic (exact) mass is 368 g/mol. The Kier molecular flexibility index (Phi) is 6.99. The van der Waals surface area contributed by atoms with Crippen LogP contribution < -0.4 is 5.32 Å². The molecular formula is C23H29FN2O. The summed E-state index contributed by atoms with van der Waals surface area (Å²) in [5, 5.41) is 3.11. The molecule has 1 fully saturated rings. The van der Waals surface area contributed by atoms with Crippen LogP contribution in [0, 0.1) is 18.7 Å². The van der Waals surface area contributed by atoms with Crippen molar-refractivity contribution in [3.05, 3.63) is 71.0 Å². The zero-order chi connectivity index (χ0) is 19.1. The summed E-state index contributed by atoms with van der Waals surface area (Å²) in [7, 11) is 0. The van der Waals surface area contributed by atoms with Crippen LogP contribution in [0.2, 0.25) is 0 Å². The highest BCUT2D eigenvalue weighted by molar-refractivity contribution is 5.78. The lowest BCUT2D eigenvalue weighted by Gasteiger charge is -2.32. The molecule has 0 bridgehead atoms. The Bertz CT molecular complexity index is 727. The van der Waals surface area contributed by atoms with Crippen LogP contribution in [0.5, 0.6) is 0 Å². The molecular weight excluding hydrogens is 339 g/mol. The van der Waals surface area contributed by atoms with Crippen molar-refractivity contribution >= 4 is 5.91 Å². The first-order chi connectivity index (χ1) is 13.1. The molecule has 27 heavy (non-hydrogen) atoms. The van der Waals surface area contributed by atoms with E-state index in [9.17, 15) is 9.18 Å². The quantitative estimate of drug-likeness (QED) is 0.747. The van der Waals surface area contributed by atoms with Crippen molar-refractivity contribution < 1.29 is 9.18 Å². The normalized spacial score (nSPS) is 17.6. The molecule has 2 aromatic carbocycles. The first-order valence-corrected chi connectivity index (χ1v) is 9.90. The van der Waals surface area contributed by atoms with Gasteiger partial charge in [-0.3, -0.25) is 9.69 Å². The second kappa shape index (κ2) is 9.65. The third-order valence-corrected chi connectivity index (χ3v) is 5.26. The Morgan fingerprint density at radius 2 is 1.81 bits per heavy atom. The fourth-order valence-electron chi connectivity index (χ4n) is 3.66. The highest BCUT2D eigenvalue weighted by Crippen LogP contribution is 2.19. The van der Waals surface area contributed by atoms with Crippen LogP contribution in [-0.4, -0.2) is 30.4 Å². The summed E-state index contributed by atoms with van der Waals surface area (Å²) in [5.74, 6) is 0.0153. The van der Waals surface area contributed by atoms with E-state index in [0.717, 1.165) is 57.4 Å². The third kappa shape index (κ3) is 6.17. The number of carbonyl (C=O) groups excluding carboxylic acids is 1. The molecule has 1 N–H and O–H groups in total. The first kappa shape index (κ1) is 19.6. The SMILES string of the molecule is Cc1ccc(CCCNC(=O)C2CCCN(Cc3ccc(F)cc3)C2)cc1. The summed E-state index contributed by atoms with van der Waals surface area (Å²) in [4.78, 5) is 14.8. The Hall–Kier alpha value is -2.20. The van der Waals surface area contributed by atoms with E-state index in [-0.39, 0.29) is 17.6 Å². The van der Waals surface area contributed by atoms with Crippen molar-refractivity contribution in [2.75, 3.05) is 19.6 Å². The number of nitrogens with zero attached hydrogens (tertiary/aromatic N) is 1. The van der Waals surface area contributed by atoms with E-state index in [4.69, 9.17) is 0 Å². The highest BCUT2D eigenvalue weighted by atomic mass is 19.1. The number of piperidine rings is 1.